The summed E-state index contributed by atoms with van der Waals surface area (Å²) in [5.41, 5.74) is 1.44. The van der Waals surface area contributed by atoms with Gasteiger partial charge in [0.25, 0.3) is 0 Å². The van der Waals surface area contributed by atoms with E-state index >= 15 is 0 Å². The second-order valence-electron chi connectivity index (χ2n) is 4.27. The molecular weight excluding hydrogens is 228 g/mol. The van der Waals surface area contributed by atoms with Gasteiger partial charge in [-0.25, -0.2) is 0 Å². The molecule has 0 aliphatic rings. The van der Waals surface area contributed by atoms with Gasteiger partial charge in [-0.15, -0.1) is 0 Å². The largest absolute Gasteiger partial charge is 0.267 e. The fourth-order valence-corrected chi connectivity index (χ4v) is 1.62. The third-order valence-corrected chi connectivity index (χ3v) is 3.59. The number of rotatable bonds is 3. The highest BCUT2D eigenvalue weighted by Crippen LogP contribution is 2.26. The SMILES string of the molecule is CC(C)n1nccc1C(C)(C)CBr. The highest BCUT2D eigenvalue weighted by molar-refractivity contribution is 9.09. The molecule has 0 aromatic carbocycles. The Morgan fingerprint density at radius 2 is 2.15 bits per heavy atom. The molecule has 0 atom stereocenters. The summed E-state index contributed by atoms with van der Waals surface area (Å²) in [7, 11) is 0. The van der Waals surface area contributed by atoms with E-state index in [0.717, 1.165) is 5.33 Å². The van der Waals surface area contributed by atoms with Crippen LogP contribution in [0.2, 0.25) is 0 Å². The van der Waals surface area contributed by atoms with Crippen LogP contribution in [0, 0.1) is 0 Å². The van der Waals surface area contributed by atoms with Crippen molar-refractivity contribution >= 4 is 15.9 Å². The average molecular weight is 245 g/mol. The van der Waals surface area contributed by atoms with Crippen molar-refractivity contribution in [2.75, 3.05) is 5.33 Å². The molecule has 2 nitrogen and oxygen atoms in total. The van der Waals surface area contributed by atoms with Gasteiger partial charge in [-0.3, -0.25) is 4.68 Å². The number of alkyl halides is 1. The number of hydrogen-bond donors (Lipinski definition) is 0. The van der Waals surface area contributed by atoms with Crippen molar-refractivity contribution in [3.63, 3.8) is 0 Å². The van der Waals surface area contributed by atoms with E-state index in [9.17, 15) is 0 Å². The van der Waals surface area contributed by atoms with E-state index in [0.29, 0.717) is 6.04 Å². The fraction of sp³-hybridized carbons (Fsp3) is 0.700. The van der Waals surface area contributed by atoms with Gasteiger partial charge in [0.15, 0.2) is 0 Å². The van der Waals surface area contributed by atoms with Gasteiger partial charge in [0.2, 0.25) is 0 Å². The lowest BCUT2D eigenvalue weighted by molar-refractivity contribution is 0.451. The summed E-state index contributed by atoms with van der Waals surface area (Å²) >= 11 is 3.53. The highest BCUT2D eigenvalue weighted by atomic mass is 79.9. The zero-order chi connectivity index (χ0) is 10.1. The summed E-state index contributed by atoms with van der Waals surface area (Å²) < 4.78 is 2.08. The monoisotopic (exact) mass is 244 g/mol. The molecule has 1 heterocycles. The van der Waals surface area contributed by atoms with Crippen molar-refractivity contribution in [3.05, 3.63) is 18.0 Å². The second-order valence-corrected chi connectivity index (χ2v) is 4.83. The molecule has 74 valence electrons. The third kappa shape index (κ3) is 2.13. The van der Waals surface area contributed by atoms with Crippen LogP contribution in [-0.2, 0) is 5.41 Å². The van der Waals surface area contributed by atoms with Crippen LogP contribution in [-0.4, -0.2) is 15.1 Å². The van der Waals surface area contributed by atoms with Crippen LogP contribution in [0.5, 0.6) is 0 Å². The molecule has 0 saturated heterocycles. The first-order chi connectivity index (χ1) is 5.99. The maximum absolute atomic E-state index is 4.33. The Morgan fingerprint density at radius 1 is 1.54 bits per heavy atom. The highest BCUT2D eigenvalue weighted by Gasteiger charge is 2.23. The molecule has 1 rings (SSSR count). The number of hydrogen-bond acceptors (Lipinski definition) is 1. The van der Waals surface area contributed by atoms with E-state index < -0.39 is 0 Å². The van der Waals surface area contributed by atoms with Gasteiger partial charge in [-0.1, -0.05) is 29.8 Å². The molecule has 0 unspecified atom stereocenters. The molecule has 0 aliphatic carbocycles. The first-order valence-corrected chi connectivity index (χ1v) is 5.71. The zero-order valence-electron chi connectivity index (χ0n) is 8.71. The van der Waals surface area contributed by atoms with Gasteiger partial charge in [0.05, 0.1) is 0 Å². The van der Waals surface area contributed by atoms with E-state index in [1.165, 1.54) is 5.69 Å². The molecule has 13 heavy (non-hydrogen) atoms. The minimum absolute atomic E-state index is 0.154. The second kappa shape index (κ2) is 3.82. The van der Waals surface area contributed by atoms with Crippen LogP contribution in [0.3, 0.4) is 0 Å². The Morgan fingerprint density at radius 3 is 2.62 bits per heavy atom. The number of nitrogens with zero attached hydrogens (tertiary/aromatic N) is 2. The normalized spacial score (nSPS) is 12.5. The first kappa shape index (κ1) is 10.8. The Bertz CT molecular complexity index is 276. The van der Waals surface area contributed by atoms with Crippen LogP contribution in [0.25, 0.3) is 0 Å². The Labute approximate surface area is 88.5 Å². The molecule has 0 radical (unpaired) electrons. The quantitative estimate of drug-likeness (QED) is 0.748. The van der Waals surface area contributed by atoms with Gasteiger partial charge < -0.3 is 0 Å². The van der Waals surface area contributed by atoms with Crippen LogP contribution < -0.4 is 0 Å². The lowest BCUT2D eigenvalue weighted by Crippen LogP contribution is -2.24. The molecule has 0 aliphatic heterocycles. The van der Waals surface area contributed by atoms with Crippen molar-refractivity contribution in [3.8, 4) is 0 Å². The lowest BCUT2D eigenvalue weighted by Gasteiger charge is -2.24. The van der Waals surface area contributed by atoms with Crippen LogP contribution in [0.15, 0.2) is 12.3 Å². The van der Waals surface area contributed by atoms with Crippen molar-refractivity contribution in [2.24, 2.45) is 0 Å². The number of aromatic nitrogens is 2. The van der Waals surface area contributed by atoms with E-state index in [4.69, 9.17) is 0 Å². The minimum Gasteiger partial charge on any atom is -0.267 e. The summed E-state index contributed by atoms with van der Waals surface area (Å²) in [4.78, 5) is 0. The molecule has 3 heteroatoms. The van der Waals surface area contributed by atoms with Gasteiger partial charge in [-0.2, -0.15) is 5.10 Å². The molecule has 0 N–H and O–H groups in total. The Balaban J connectivity index is 3.07. The summed E-state index contributed by atoms with van der Waals surface area (Å²) in [5.74, 6) is 0. The summed E-state index contributed by atoms with van der Waals surface area (Å²) in [6.07, 6.45) is 1.87. The fourth-order valence-electron chi connectivity index (χ4n) is 1.33. The molecule has 0 amide bonds. The maximum Gasteiger partial charge on any atom is 0.0492 e. The Hall–Kier alpha value is -0.310. The molecule has 1 aromatic rings. The summed E-state index contributed by atoms with van der Waals surface area (Å²) in [6, 6.07) is 2.53. The molecule has 0 fully saturated rings. The number of halogens is 1. The molecule has 0 spiro atoms. The van der Waals surface area contributed by atoms with Crippen molar-refractivity contribution in [1.29, 1.82) is 0 Å². The predicted octanol–water partition coefficient (Wildman–Crippen LogP) is 3.14. The van der Waals surface area contributed by atoms with E-state index in [1.54, 1.807) is 0 Å². The standard InChI is InChI=1S/C10H17BrN2/c1-8(2)13-9(5-6-12-13)10(3,4)7-11/h5-6,8H,7H2,1-4H3. The van der Waals surface area contributed by atoms with Gasteiger partial charge in [0, 0.05) is 28.7 Å². The van der Waals surface area contributed by atoms with Gasteiger partial charge in [-0.05, 0) is 19.9 Å². The molecular formula is C10H17BrN2. The van der Waals surface area contributed by atoms with Crippen LogP contribution >= 0.6 is 15.9 Å². The van der Waals surface area contributed by atoms with Crippen molar-refractivity contribution < 1.29 is 0 Å². The Kier molecular flexibility index (Phi) is 3.17. The van der Waals surface area contributed by atoms with Crippen LogP contribution in [0.1, 0.15) is 39.4 Å². The van der Waals surface area contributed by atoms with Gasteiger partial charge >= 0.3 is 0 Å². The lowest BCUT2D eigenvalue weighted by atomic mass is 9.92. The smallest absolute Gasteiger partial charge is 0.0492 e. The zero-order valence-corrected chi connectivity index (χ0v) is 10.3. The topological polar surface area (TPSA) is 17.8 Å². The minimum atomic E-state index is 0.154. The van der Waals surface area contributed by atoms with E-state index in [2.05, 4.69) is 59.5 Å². The maximum atomic E-state index is 4.33. The summed E-state index contributed by atoms with van der Waals surface area (Å²) in [6.45, 7) is 8.75. The molecule has 0 bridgehead atoms. The van der Waals surface area contributed by atoms with Crippen LogP contribution in [0.4, 0.5) is 0 Å². The van der Waals surface area contributed by atoms with Crippen molar-refractivity contribution in [2.45, 2.75) is 39.2 Å². The van der Waals surface area contributed by atoms with E-state index in [1.807, 2.05) is 6.20 Å². The molecule has 1 aromatic heterocycles. The van der Waals surface area contributed by atoms with E-state index in [-0.39, 0.29) is 5.41 Å². The predicted molar refractivity (Wildman–Crippen MR) is 59.4 cm³/mol. The molecule has 0 saturated carbocycles. The summed E-state index contributed by atoms with van der Waals surface area (Å²) in [5, 5.41) is 5.28. The van der Waals surface area contributed by atoms with Crippen molar-refractivity contribution in [1.82, 2.24) is 9.78 Å². The third-order valence-electron chi connectivity index (χ3n) is 2.19. The van der Waals surface area contributed by atoms with Gasteiger partial charge in [0.1, 0.15) is 0 Å². The average Bonchev–Trinajstić information content (AvgIpc) is 2.52. The first-order valence-electron chi connectivity index (χ1n) is 4.59.